The Morgan fingerprint density at radius 1 is 1.00 bits per heavy atom. The van der Waals surface area contributed by atoms with Gasteiger partial charge in [-0.25, -0.2) is 0 Å². The van der Waals surface area contributed by atoms with Crippen molar-refractivity contribution in [1.29, 1.82) is 0 Å². The number of aryl methyl sites for hydroxylation is 1. The molecule has 1 nitrogen and oxygen atoms in total. The second-order valence-corrected chi connectivity index (χ2v) is 6.91. The van der Waals surface area contributed by atoms with E-state index in [1.807, 2.05) is 17.8 Å². The number of fused-ring (bicyclic) bond motifs is 1. The number of thioether (sulfide) groups is 1. The second-order valence-electron chi connectivity index (χ2n) is 5.75. The van der Waals surface area contributed by atoms with Crippen LogP contribution in [0.15, 0.2) is 59.5 Å². The number of hydrogen-bond acceptors (Lipinski definition) is 2. The third kappa shape index (κ3) is 3.69. The molecule has 1 aliphatic carbocycles. The number of aliphatic hydroxyl groups excluding tert-OH is 1. The molecule has 1 N–H and O–H groups in total. The van der Waals surface area contributed by atoms with Crippen LogP contribution in [0, 0.1) is 5.92 Å². The van der Waals surface area contributed by atoms with Gasteiger partial charge in [-0.1, -0.05) is 42.5 Å². The van der Waals surface area contributed by atoms with Gasteiger partial charge in [0.25, 0.3) is 0 Å². The van der Waals surface area contributed by atoms with Crippen LogP contribution in [-0.4, -0.2) is 10.9 Å². The van der Waals surface area contributed by atoms with E-state index in [1.54, 1.807) is 0 Å². The Morgan fingerprint density at radius 2 is 1.76 bits per heavy atom. The molecule has 0 aromatic heterocycles. The summed E-state index contributed by atoms with van der Waals surface area (Å²) in [6.45, 7) is 0. The molecule has 2 heteroatoms. The Kier molecular flexibility index (Phi) is 5.00. The smallest absolute Gasteiger partial charge is 0.0821 e. The minimum absolute atomic E-state index is 0.292. The first kappa shape index (κ1) is 14.7. The van der Waals surface area contributed by atoms with E-state index in [0.29, 0.717) is 5.92 Å². The van der Waals surface area contributed by atoms with Crippen LogP contribution in [0.25, 0.3) is 0 Å². The summed E-state index contributed by atoms with van der Waals surface area (Å²) < 4.78 is 0. The SMILES string of the molecule is OC1c2ccccc2CCCC1CCSc1ccccc1. The fourth-order valence-electron chi connectivity index (χ4n) is 3.16. The van der Waals surface area contributed by atoms with Gasteiger partial charge in [-0.2, -0.15) is 0 Å². The summed E-state index contributed by atoms with van der Waals surface area (Å²) >= 11 is 1.89. The van der Waals surface area contributed by atoms with Crippen LogP contribution in [0.5, 0.6) is 0 Å². The first-order chi connectivity index (χ1) is 10.3. The van der Waals surface area contributed by atoms with E-state index in [1.165, 1.54) is 16.9 Å². The molecule has 2 aromatic rings. The van der Waals surface area contributed by atoms with Crippen molar-refractivity contribution >= 4 is 11.8 Å². The number of benzene rings is 2. The van der Waals surface area contributed by atoms with E-state index in [9.17, 15) is 5.11 Å². The Labute approximate surface area is 131 Å². The van der Waals surface area contributed by atoms with Crippen molar-refractivity contribution < 1.29 is 5.11 Å². The van der Waals surface area contributed by atoms with Crippen LogP contribution >= 0.6 is 11.8 Å². The molecule has 1 aliphatic rings. The fourth-order valence-corrected chi connectivity index (χ4v) is 4.17. The standard InChI is InChI=1S/C19H22OS/c20-19-16(13-14-21-17-10-2-1-3-11-17)9-6-8-15-7-4-5-12-18(15)19/h1-5,7,10-12,16,19-20H,6,8-9,13-14H2. The van der Waals surface area contributed by atoms with Crippen LogP contribution in [0.3, 0.4) is 0 Å². The van der Waals surface area contributed by atoms with Crippen LogP contribution in [-0.2, 0) is 6.42 Å². The van der Waals surface area contributed by atoms with E-state index in [-0.39, 0.29) is 6.10 Å². The van der Waals surface area contributed by atoms with Gasteiger partial charge in [0.1, 0.15) is 0 Å². The highest BCUT2D eigenvalue weighted by molar-refractivity contribution is 7.99. The number of aliphatic hydroxyl groups is 1. The number of hydrogen-bond donors (Lipinski definition) is 1. The van der Waals surface area contributed by atoms with Crippen molar-refractivity contribution in [3.05, 3.63) is 65.7 Å². The molecule has 2 unspecified atom stereocenters. The highest BCUT2D eigenvalue weighted by atomic mass is 32.2. The van der Waals surface area contributed by atoms with E-state index >= 15 is 0 Å². The van der Waals surface area contributed by atoms with Gasteiger partial charge in [-0.15, -0.1) is 11.8 Å². The van der Waals surface area contributed by atoms with Crippen molar-refractivity contribution in [2.45, 2.75) is 36.7 Å². The summed E-state index contributed by atoms with van der Waals surface area (Å²) in [5.74, 6) is 1.47. The monoisotopic (exact) mass is 298 g/mol. The molecular weight excluding hydrogens is 276 g/mol. The minimum Gasteiger partial charge on any atom is -0.388 e. The van der Waals surface area contributed by atoms with Gasteiger partial charge < -0.3 is 5.11 Å². The Morgan fingerprint density at radius 3 is 2.62 bits per heavy atom. The summed E-state index contributed by atoms with van der Waals surface area (Å²) in [4.78, 5) is 1.32. The van der Waals surface area contributed by atoms with Gasteiger partial charge >= 0.3 is 0 Å². The average molecular weight is 298 g/mol. The Hall–Kier alpha value is -1.25. The average Bonchev–Trinajstić information content (AvgIpc) is 2.69. The number of rotatable bonds is 4. The van der Waals surface area contributed by atoms with E-state index in [2.05, 4.69) is 48.5 Å². The zero-order chi connectivity index (χ0) is 14.5. The van der Waals surface area contributed by atoms with Crippen molar-refractivity contribution in [2.75, 3.05) is 5.75 Å². The quantitative estimate of drug-likeness (QED) is 0.643. The van der Waals surface area contributed by atoms with Crippen molar-refractivity contribution in [3.8, 4) is 0 Å². The molecule has 21 heavy (non-hydrogen) atoms. The Bertz CT molecular complexity index is 567. The Balaban J connectivity index is 1.61. The molecule has 2 aromatic carbocycles. The molecule has 0 spiro atoms. The molecule has 0 fully saturated rings. The second kappa shape index (κ2) is 7.15. The molecular formula is C19H22OS. The summed E-state index contributed by atoms with van der Waals surface area (Å²) in [6, 6.07) is 18.9. The van der Waals surface area contributed by atoms with Gasteiger partial charge in [-0.05, 0) is 60.6 Å². The van der Waals surface area contributed by atoms with Gasteiger partial charge in [0, 0.05) is 4.90 Å². The first-order valence-electron chi connectivity index (χ1n) is 7.78. The lowest BCUT2D eigenvalue weighted by Gasteiger charge is -2.21. The van der Waals surface area contributed by atoms with Gasteiger partial charge in [-0.3, -0.25) is 0 Å². The molecule has 0 saturated carbocycles. The zero-order valence-corrected chi connectivity index (χ0v) is 13.1. The lowest BCUT2D eigenvalue weighted by molar-refractivity contribution is 0.103. The maximum absolute atomic E-state index is 10.7. The van der Waals surface area contributed by atoms with Crippen LogP contribution < -0.4 is 0 Å². The fraction of sp³-hybridized carbons (Fsp3) is 0.368. The molecule has 0 saturated heterocycles. The zero-order valence-electron chi connectivity index (χ0n) is 12.2. The van der Waals surface area contributed by atoms with E-state index < -0.39 is 0 Å². The van der Waals surface area contributed by atoms with Gasteiger partial charge in [0.2, 0.25) is 0 Å². The highest BCUT2D eigenvalue weighted by Crippen LogP contribution is 2.36. The normalized spacial score (nSPS) is 21.6. The largest absolute Gasteiger partial charge is 0.388 e. The van der Waals surface area contributed by atoms with E-state index in [4.69, 9.17) is 0 Å². The maximum atomic E-state index is 10.7. The molecule has 0 heterocycles. The van der Waals surface area contributed by atoms with Crippen LogP contribution in [0.2, 0.25) is 0 Å². The highest BCUT2D eigenvalue weighted by Gasteiger charge is 2.25. The summed E-state index contributed by atoms with van der Waals surface area (Å²) in [6.07, 6.45) is 4.21. The predicted octanol–water partition coefficient (Wildman–Crippen LogP) is 4.85. The third-order valence-electron chi connectivity index (χ3n) is 4.34. The maximum Gasteiger partial charge on any atom is 0.0821 e. The topological polar surface area (TPSA) is 20.2 Å². The molecule has 110 valence electrons. The summed E-state index contributed by atoms with van der Waals surface area (Å²) in [5, 5.41) is 10.7. The molecule has 0 bridgehead atoms. The van der Waals surface area contributed by atoms with Crippen LogP contribution in [0.1, 0.15) is 36.5 Å². The summed E-state index contributed by atoms with van der Waals surface area (Å²) in [7, 11) is 0. The summed E-state index contributed by atoms with van der Waals surface area (Å²) in [5.41, 5.74) is 2.49. The molecule has 0 aliphatic heterocycles. The van der Waals surface area contributed by atoms with Gasteiger partial charge in [0.05, 0.1) is 6.10 Å². The van der Waals surface area contributed by atoms with Crippen LogP contribution in [0.4, 0.5) is 0 Å². The lowest BCUT2D eigenvalue weighted by atomic mass is 9.91. The molecule has 3 rings (SSSR count). The van der Waals surface area contributed by atoms with Crippen molar-refractivity contribution in [1.82, 2.24) is 0 Å². The van der Waals surface area contributed by atoms with Crippen molar-refractivity contribution in [3.63, 3.8) is 0 Å². The molecule has 0 radical (unpaired) electrons. The first-order valence-corrected chi connectivity index (χ1v) is 8.77. The predicted molar refractivity (Wildman–Crippen MR) is 89.6 cm³/mol. The minimum atomic E-state index is -0.292. The molecule has 0 amide bonds. The van der Waals surface area contributed by atoms with Gasteiger partial charge in [0.15, 0.2) is 0 Å². The van der Waals surface area contributed by atoms with E-state index in [0.717, 1.165) is 30.6 Å². The third-order valence-corrected chi connectivity index (χ3v) is 5.39. The van der Waals surface area contributed by atoms with Crippen molar-refractivity contribution in [2.24, 2.45) is 5.92 Å². The lowest BCUT2D eigenvalue weighted by Crippen LogP contribution is -2.12. The molecule has 2 atom stereocenters.